The molecule has 0 radical (unpaired) electrons. The van der Waals surface area contributed by atoms with Crippen LogP contribution in [0, 0.1) is 0 Å². The van der Waals surface area contributed by atoms with Crippen molar-refractivity contribution in [3.63, 3.8) is 0 Å². The molecular weight excluding hydrogens is 136 g/mol. The van der Waals surface area contributed by atoms with E-state index in [1.54, 1.807) is 0 Å². The lowest BCUT2D eigenvalue weighted by molar-refractivity contribution is -0.107. The molecule has 4 atom stereocenters. The Labute approximate surface area is 58.7 Å². The molecule has 4 nitrogen and oxygen atoms in total. The van der Waals surface area contributed by atoms with E-state index in [2.05, 4.69) is 0 Å². The fourth-order valence-electron chi connectivity index (χ4n) is 1.12. The molecule has 0 spiro atoms. The van der Waals surface area contributed by atoms with Gasteiger partial charge in [-0.05, 0) is 0 Å². The van der Waals surface area contributed by atoms with Crippen molar-refractivity contribution in [1.29, 1.82) is 0 Å². The van der Waals surface area contributed by atoms with Crippen LogP contribution in [0.15, 0.2) is 0 Å². The maximum atomic E-state index is 8.94. The van der Waals surface area contributed by atoms with E-state index >= 15 is 0 Å². The molecule has 60 valence electrons. The highest BCUT2D eigenvalue weighted by Gasteiger charge is 2.32. The van der Waals surface area contributed by atoms with Gasteiger partial charge in [-0.3, -0.25) is 0 Å². The second-order valence-corrected chi connectivity index (χ2v) is 2.74. The second kappa shape index (κ2) is 2.84. The Bertz CT molecular complexity index is 90.3. The molecule has 1 saturated carbocycles. The topological polar surface area (TPSA) is 80.9 Å². The molecule has 1 fully saturated rings. The maximum Gasteiger partial charge on any atom is 0.0825 e. The first-order valence-corrected chi connectivity index (χ1v) is 3.33. The van der Waals surface area contributed by atoms with Crippen LogP contribution in [0.1, 0.15) is 12.8 Å². The van der Waals surface area contributed by atoms with E-state index in [9.17, 15) is 0 Å². The largest absolute Gasteiger partial charge is 0.390 e. The highest BCUT2D eigenvalue weighted by atomic mass is 16.4. The van der Waals surface area contributed by atoms with E-state index < -0.39 is 24.4 Å². The highest BCUT2D eigenvalue weighted by Crippen LogP contribution is 2.19. The first kappa shape index (κ1) is 7.94. The second-order valence-electron chi connectivity index (χ2n) is 2.74. The van der Waals surface area contributed by atoms with E-state index in [0.717, 1.165) is 0 Å². The lowest BCUT2D eigenvalue weighted by atomic mass is 9.90. The number of aliphatic hydroxyl groups is 4. The standard InChI is InChI=1S/C6H12O4/c7-3-1-4(8)6(10)2-5(3)9/h3-10H,1-2H2/t3-,4-,5-,6-/m1/s1. The van der Waals surface area contributed by atoms with Gasteiger partial charge in [0.1, 0.15) is 0 Å². The Morgan fingerprint density at radius 1 is 0.600 bits per heavy atom. The van der Waals surface area contributed by atoms with Gasteiger partial charge in [0.2, 0.25) is 0 Å². The van der Waals surface area contributed by atoms with Crippen molar-refractivity contribution in [2.45, 2.75) is 37.3 Å². The molecule has 0 aliphatic heterocycles. The van der Waals surface area contributed by atoms with Crippen molar-refractivity contribution < 1.29 is 20.4 Å². The number of aliphatic hydroxyl groups excluding tert-OH is 4. The van der Waals surface area contributed by atoms with E-state index in [-0.39, 0.29) is 12.8 Å². The molecule has 4 N–H and O–H groups in total. The quantitative estimate of drug-likeness (QED) is 0.327. The van der Waals surface area contributed by atoms with Crippen molar-refractivity contribution in [2.75, 3.05) is 0 Å². The minimum absolute atomic E-state index is 0.0579. The molecule has 0 saturated heterocycles. The van der Waals surface area contributed by atoms with Crippen molar-refractivity contribution in [3.8, 4) is 0 Å². The van der Waals surface area contributed by atoms with E-state index in [0.29, 0.717) is 0 Å². The van der Waals surface area contributed by atoms with Crippen LogP contribution in [0.2, 0.25) is 0 Å². The van der Waals surface area contributed by atoms with E-state index in [1.165, 1.54) is 0 Å². The average Bonchev–Trinajstić information content (AvgIpc) is 1.84. The van der Waals surface area contributed by atoms with Crippen LogP contribution in [-0.2, 0) is 0 Å². The van der Waals surface area contributed by atoms with E-state index in [1.807, 2.05) is 0 Å². The molecule has 1 aliphatic carbocycles. The molecule has 0 aromatic carbocycles. The molecule has 0 aromatic heterocycles. The Morgan fingerprint density at radius 2 is 0.800 bits per heavy atom. The maximum absolute atomic E-state index is 8.94. The number of hydrogen-bond donors (Lipinski definition) is 4. The molecule has 1 aliphatic rings. The van der Waals surface area contributed by atoms with Gasteiger partial charge in [0.05, 0.1) is 24.4 Å². The average molecular weight is 148 g/mol. The Morgan fingerprint density at radius 3 is 1.00 bits per heavy atom. The van der Waals surface area contributed by atoms with Crippen LogP contribution in [0.5, 0.6) is 0 Å². The summed E-state index contributed by atoms with van der Waals surface area (Å²) in [6.07, 6.45) is -3.45. The lowest BCUT2D eigenvalue weighted by Crippen LogP contribution is -2.44. The van der Waals surface area contributed by atoms with Crippen LogP contribution in [0.4, 0.5) is 0 Å². The summed E-state index contributed by atoms with van der Waals surface area (Å²) >= 11 is 0. The third kappa shape index (κ3) is 1.46. The smallest absolute Gasteiger partial charge is 0.0825 e. The van der Waals surface area contributed by atoms with Gasteiger partial charge in [-0.1, -0.05) is 0 Å². The monoisotopic (exact) mass is 148 g/mol. The Hall–Kier alpha value is -0.160. The van der Waals surface area contributed by atoms with Crippen LogP contribution in [-0.4, -0.2) is 44.8 Å². The lowest BCUT2D eigenvalue weighted by Gasteiger charge is -2.30. The summed E-state index contributed by atoms with van der Waals surface area (Å²) in [5, 5.41) is 35.8. The summed E-state index contributed by atoms with van der Waals surface area (Å²) in [5.41, 5.74) is 0. The highest BCUT2D eigenvalue weighted by molar-refractivity contribution is 4.84. The van der Waals surface area contributed by atoms with Crippen LogP contribution in [0.3, 0.4) is 0 Å². The Balaban J connectivity index is 2.46. The van der Waals surface area contributed by atoms with Gasteiger partial charge in [0.15, 0.2) is 0 Å². The summed E-state index contributed by atoms with van der Waals surface area (Å²) in [6.45, 7) is 0. The first-order chi connectivity index (χ1) is 4.61. The third-order valence-electron chi connectivity index (χ3n) is 1.85. The predicted molar refractivity (Wildman–Crippen MR) is 33.3 cm³/mol. The van der Waals surface area contributed by atoms with Gasteiger partial charge in [-0.15, -0.1) is 0 Å². The molecule has 10 heavy (non-hydrogen) atoms. The van der Waals surface area contributed by atoms with Gasteiger partial charge in [0, 0.05) is 12.8 Å². The molecule has 0 aromatic rings. The summed E-state index contributed by atoms with van der Waals surface area (Å²) < 4.78 is 0. The molecule has 1 rings (SSSR count). The number of hydrogen-bond acceptors (Lipinski definition) is 4. The van der Waals surface area contributed by atoms with Crippen molar-refractivity contribution in [3.05, 3.63) is 0 Å². The first-order valence-electron chi connectivity index (χ1n) is 3.33. The van der Waals surface area contributed by atoms with Gasteiger partial charge in [0.25, 0.3) is 0 Å². The molecule has 0 amide bonds. The minimum Gasteiger partial charge on any atom is -0.390 e. The van der Waals surface area contributed by atoms with Crippen molar-refractivity contribution in [2.24, 2.45) is 0 Å². The number of rotatable bonds is 0. The summed E-state index contributed by atoms with van der Waals surface area (Å²) in [7, 11) is 0. The summed E-state index contributed by atoms with van der Waals surface area (Å²) in [5.74, 6) is 0. The van der Waals surface area contributed by atoms with Crippen LogP contribution < -0.4 is 0 Å². The van der Waals surface area contributed by atoms with Crippen molar-refractivity contribution in [1.82, 2.24) is 0 Å². The Kier molecular flexibility index (Phi) is 2.25. The van der Waals surface area contributed by atoms with Crippen LogP contribution >= 0.6 is 0 Å². The third-order valence-corrected chi connectivity index (χ3v) is 1.85. The minimum atomic E-state index is -0.890. The summed E-state index contributed by atoms with van der Waals surface area (Å²) in [6, 6.07) is 0. The van der Waals surface area contributed by atoms with Crippen molar-refractivity contribution >= 4 is 0 Å². The normalized spacial score (nSPS) is 49.2. The molecule has 0 heterocycles. The SMILES string of the molecule is O[C@@H]1C[C@@H](O)[C@H](O)C[C@H]1O. The van der Waals surface area contributed by atoms with Gasteiger partial charge >= 0.3 is 0 Å². The van der Waals surface area contributed by atoms with E-state index in [4.69, 9.17) is 20.4 Å². The molecule has 0 unspecified atom stereocenters. The van der Waals surface area contributed by atoms with Crippen LogP contribution in [0.25, 0.3) is 0 Å². The fraction of sp³-hybridized carbons (Fsp3) is 1.00. The zero-order chi connectivity index (χ0) is 7.72. The summed E-state index contributed by atoms with van der Waals surface area (Å²) in [4.78, 5) is 0. The fourth-order valence-corrected chi connectivity index (χ4v) is 1.12. The predicted octanol–water partition coefficient (Wildman–Crippen LogP) is -1.78. The zero-order valence-electron chi connectivity index (χ0n) is 5.51. The van der Waals surface area contributed by atoms with Gasteiger partial charge in [-0.25, -0.2) is 0 Å². The van der Waals surface area contributed by atoms with Gasteiger partial charge in [-0.2, -0.15) is 0 Å². The molecular formula is C6H12O4. The molecule has 4 heteroatoms. The van der Waals surface area contributed by atoms with Gasteiger partial charge < -0.3 is 20.4 Å². The molecule has 0 bridgehead atoms. The zero-order valence-corrected chi connectivity index (χ0v) is 5.51.